The van der Waals surface area contributed by atoms with E-state index in [0.717, 1.165) is 51.7 Å². The molecule has 1 saturated carbocycles. The molecule has 4 heteroatoms. The van der Waals surface area contributed by atoms with Crippen molar-refractivity contribution in [2.45, 2.75) is 44.6 Å². The monoisotopic (exact) mass is 240 g/mol. The van der Waals surface area contributed by atoms with Gasteiger partial charge in [0.25, 0.3) is 0 Å². The summed E-state index contributed by atoms with van der Waals surface area (Å²) < 4.78 is 0. The first kappa shape index (κ1) is 12.8. The van der Waals surface area contributed by atoms with E-state index in [0.29, 0.717) is 12.5 Å². The van der Waals surface area contributed by atoms with Gasteiger partial charge >= 0.3 is 0 Å². The fraction of sp³-hybridized carbons (Fsp3) is 0.923. The number of hydrogen-bond donors (Lipinski definition) is 2. The van der Waals surface area contributed by atoms with Gasteiger partial charge in [-0.15, -0.1) is 0 Å². The molecule has 1 heterocycles. The first-order valence-electron chi connectivity index (χ1n) is 6.92. The van der Waals surface area contributed by atoms with Crippen LogP contribution in [0.15, 0.2) is 0 Å². The zero-order valence-electron chi connectivity index (χ0n) is 10.5. The van der Waals surface area contributed by atoms with E-state index in [4.69, 9.17) is 0 Å². The lowest BCUT2D eigenvalue weighted by molar-refractivity contribution is -0.129. The van der Waals surface area contributed by atoms with Gasteiger partial charge in [0, 0.05) is 13.1 Å². The van der Waals surface area contributed by atoms with Crippen LogP contribution in [-0.2, 0) is 4.79 Å². The van der Waals surface area contributed by atoms with Gasteiger partial charge in [-0.1, -0.05) is 6.42 Å². The van der Waals surface area contributed by atoms with Crippen LogP contribution in [0.4, 0.5) is 0 Å². The molecule has 2 rings (SSSR count). The molecule has 1 saturated heterocycles. The Kier molecular flexibility index (Phi) is 4.80. The number of hydrogen-bond acceptors (Lipinski definition) is 3. The van der Waals surface area contributed by atoms with Crippen molar-refractivity contribution in [3.8, 4) is 0 Å². The van der Waals surface area contributed by atoms with E-state index in [-0.39, 0.29) is 12.0 Å². The van der Waals surface area contributed by atoms with E-state index in [9.17, 15) is 9.90 Å². The molecule has 2 aliphatic rings. The Morgan fingerprint density at radius 1 is 1.24 bits per heavy atom. The van der Waals surface area contributed by atoms with Gasteiger partial charge in [0.1, 0.15) is 0 Å². The van der Waals surface area contributed by atoms with Crippen molar-refractivity contribution in [2.24, 2.45) is 5.92 Å². The number of rotatable bonds is 4. The Hall–Kier alpha value is -0.610. The Labute approximate surface area is 103 Å². The molecule has 98 valence electrons. The highest BCUT2D eigenvalue weighted by Crippen LogP contribution is 2.23. The Morgan fingerprint density at radius 3 is 2.71 bits per heavy atom. The highest BCUT2D eigenvalue weighted by molar-refractivity contribution is 5.78. The van der Waals surface area contributed by atoms with Gasteiger partial charge in [0.15, 0.2) is 0 Å². The third kappa shape index (κ3) is 3.96. The second-order valence-electron chi connectivity index (χ2n) is 5.41. The van der Waals surface area contributed by atoms with Gasteiger partial charge in [-0.3, -0.25) is 4.79 Å². The molecular formula is C13H24N2O2. The molecular weight excluding hydrogens is 216 g/mol. The largest absolute Gasteiger partial charge is 0.393 e. The molecule has 1 amide bonds. The van der Waals surface area contributed by atoms with Crippen LogP contribution in [0.3, 0.4) is 0 Å². The summed E-state index contributed by atoms with van der Waals surface area (Å²) in [6.45, 7) is 3.20. The fourth-order valence-electron chi connectivity index (χ4n) is 2.91. The van der Waals surface area contributed by atoms with Crippen LogP contribution in [0.1, 0.15) is 38.5 Å². The van der Waals surface area contributed by atoms with Gasteiger partial charge in [-0.05, 0) is 44.6 Å². The first-order valence-corrected chi connectivity index (χ1v) is 6.92. The summed E-state index contributed by atoms with van der Waals surface area (Å²) in [6, 6.07) is 0. The molecule has 4 nitrogen and oxygen atoms in total. The van der Waals surface area contributed by atoms with Gasteiger partial charge in [0.2, 0.25) is 5.91 Å². The molecule has 2 atom stereocenters. The smallest absolute Gasteiger partial charge is 0.236 e. The van der Waals surface area contributed by atoms with Crippen LogP contribution < -0.4 is 5.32 Å². The summed E-state index contributed by atoms with van der Waals surface area (Å²) in [4.78, 5) is 13.7. The molecule has 0 spiro atoms. The van der Waals surface area contributed by atoms with Gasteiger partial charge in [0.05, 0.1) is 12.6 Å². The standard InChI is InChI=1S/C13H24N2O2/c16-12-5-3-4-11(8-12)9-14-10-13(17)15-6-1-2-7-15/h11-12,14,16H,1-10H2. The molecule has 1 aliphatic carbocycles. The van der Waals surface area contributed by atoms with Crippen molar-refractivity contribution < 1.29 is 9.90 Å². The second kappa shape index (κ2) is 6.36. The highest BCUT2D eigenvalue weighted by Gasteiger charge is 2.21. The quantitative estimate of drug-likeness (QED) is 0.762. The van der Waals surface area contributed by atoms with E-state index in [1.807, 2.05) is 4.90 Å². The lowest BCUT2D eigenvalue weighted by atomic mass is 9.87. The number of likely N-dealkylation sites (tertiary alicyclic amines) is 1. The van der Waals surface area contributed by atoms with Crippen molar-refractivity contribution in [1.82, 2.24) is 10.2 Å². The molecule has 17 heavy (non-hydrogen) atoms. The molecule has 2 N–H and O–H groups in total. The minimum atomic E-state index is -0.121. The lowest BCUT2D eigenvalue weighted by Crippen LogP contribution is -2.38. The first-order chi connectivity index (χ1) is 8.25. The van der Waals surface area contributed by atoms with Gasteiger partial charge in [-0.25, -0.2) is 0 Å². The van der Waals surface area contributed by atoms with Crippen molar-refractivity contribution in [3.63, 3.8) is 0 Å². The summed E-state index contributed by atoms with van der Waals surface area (Å²) in [6.07, 6.45) is 6.33. The molecule has 2 fully saturated rings. The molecule has 0 aromatic carbocycles. The minimum absolute atomic E-state index is 0.121. The average molecular weight is 240 g/mol. The van der Waals surface area contributed by atoms with E-state index in [2.05, 4.69) is 5.32 Å². The lowest BCUT2D eigenvalue weighted by Gasteiger charge is -2.26. The van der Waals surface area contributed by atoms with Crippen molar-refractivity contribution in [2.75, 3.05) is 26.2 Å². The fourth-order valence-corrected chi connectivity index (χ4v) is 2.91. The number of amides is 1. The molecule has 1 aliphatic heterocycles. The Morgan fingerprint density at radius 2 is 2.00 bits per heavy atom. The van der Waals surface area contributed by atoms with Crippen LogP contribution in [-0.4, -0.2) is 48.2 Å². The predicted molar refractivity (Wildman–Crippen MR) is 66.6 cm³/mol. The summed E-state index contributed by atoms with van der Waals surface area (Å²) in [7, 11) is 0. The van der Waals surface area contributed by atoms with Crippen LogP contribution >= 0.6 is 0 Å². The summed E-state index contributed by atoms with van der Waals surface area (Å²) in [5.74, 6) is 0.781. The molecule has 0 aromatic rings. The predicted octanol–water partition coefficient (Wildman–Crippen LogP) is 0.749. The van der Waals surface area contributed by atoms with Gasteiger partial charge < -0.3 is 15.3 Å². The number of nitrogens with one attached hydrogen (secondary N) is 1. The van der Waals surface area contributed by atoms with Crippen molar-refractivity contribution in [3.05, 3.63) is 0 Å². The molecule has 0 radical (unpaired) electrons. The average Bonchev–Trinajstić information content (AvgIpc) is 2.82. The maximum Gasteiger partial charge on any atom is 0.236 e. The number of nitrogens with zero attached hydrogens (tertiary/aromatic N) is 1. The van der Waals surface area contributed by atoms with Crippen LogP contribution in [0, 0.1) is 5.92 Å². The zero-order valence-corrected chi connectivity index (χ0v) is 10.5. The molecule has 0 aromatic heterocycles. The van der Waals surface area contributed by atoms with Crippen LogP contribution in [0.2, 0.25) is 0 Å². The SMILES string of the molecule is O=C(CNCC1CCCC(O)C1)N1CCCC1. The highest BCUT2D eigenvalue weighted by atomic mass is 16.3. The normalized spacial score (nSPS) is 29.6. The summed E-state index contributed by atoms with van der Waals surface area (Å²) in [5, 5.41) is 12.8. The van der Waals surface area contributed by atoms with Crippen LogP contribution in [0.25, 0.3) is 0 Å². The van der Waals surface area contributed by atoms with E-state index in [1.165, 1.54) is 6.42 Å². The maximum atomic E-state index is 11.8. The molecule has 0 bridgehead atoms. The number of aliphatic hydroxyl groups is 1. The second-order valence-corrected chi connectivity index (χ2v) is 5.41. The Bertz CT molecular complexity index is 252. The Balaban J connectivity index is 1.60. The zero-order chi connectivity index (χ0) is 12.1. The third-order valence-corrected chi connectivity index (χ3v) is 3.92. The topological polar surface area (TPSA) is 52.6 Å². The maximum absolute atomic E-state index is 11.8. The van der Waals surface area contributed by atoms with Crippen LogP contribution in [0.5, 0.6) is 0 Å². The van der Waals surface area contributed by atoms with Crippen molar-refractivity contribution in [1.29, 1.82) is 0 Å². The number of carbonyl (C=O) groups excluding carboxylic acids is 1. The summed E-state index contributed by atoms with van der Waals surface area (Å²) in [5.41, 5.74) is 0. The summed E-state index contributed by atoms with van der Waals surface area (Å²) >= 11 is 0. The number of carbonyl (C=O) groups is 1. The van der Waals surface area contributed by atoms with E-state index >= 15 is 0 Å². The minimum Gasteiger partial charge on any atom is -0.393 e. The number of aliphatic hydroxyl groups excluding tert-OH is 1. The van der Waals surface area contributed by atoms with Crippen molar-refractivity contribution >= 4 is 5.91 Å². The van der Waals surface area contributed by atoms with Gasteiger partial charge in [-0.2, -0.15) is 0 Å². The third-order valence-electron chi connectivity index (χ3n) is 3.92. The molecule has 2 unspecified atom stereocenters. The van der Waals surface area contributed by atoms with E-state index < -0.39 is 0 Å². The van der Waals surface area contributed by atoms with E-state index in [1.54, 1.807) is 0 Å².